The van der Waals surface area contributed by atoms with E-state index in [1.54, 1.807) is 6.07 Å². The highest BCUT2D eigenvalue weighted by Crippen LogP contribution is 2.31. The number of hydrogen-bond acceptors (Lipinski definition) is 5. The first-order valence-electron chi connectivity index (χ1n) is 4.86. The molecule has 0 aliphatic heterocycles. The summed E-state index contributed by atoms with van der Waals surface area (Å²) in [6.07, 6.45) is -2.21. The zero-order valence-electron chi connectivity index (χ0n) is 9.74. The molecule has 0 saturated heterocycles. The number of carbonyl (C=O) groups is 1. The average Bonchev–Trinajstić information content (AvgIpc) is 2.37. The minimum absolute atomic E-state index is 0.0229. The van der Waals surface area contributed by atoms with Gasteiger partial charge in [0.1, 0.15) is 17.5 Å². The lowest BCUT2D eigenvalue weighted by Crippen LogP contribution is -2.11. The Morgan fingerprint density at radius 2 is 2.22 bits per heavy atom. The molecule has 0 spiro atoms. The van der Waals surface area contributed by atoms with Crippen molar-refractivity contribution >= 4 is 5.97 Å². The van der Waals surface area contributed by atoms with Gasteiger partial charge in [-0.25, -0.2) is 13.8 Å². The van der Waals surface area contributed by atoms with Crippen molar-refractivity contribution in [3.8, 4) is 11.8 Å². The average molecular weight is 256 g/mol. The lowest BCUT2D eigenvalue weighted by Gasteiger charge is -2.13. The van der Waals surface area contributed by atoms with Crippen molar-refractivity contribution < 1.29 is 23.0 Å². The Hall–Kier alpha value is -2.23. The van der Waals surface area contributed by atoms with Crippen molar-refractivity contribution in [3.05, 3.63) is 23.0 Å². The van der Waals surface area contributed by atoms with Gasteiger partial charge in [-0.3, -0.25) is 4.79 Å². The second kappa shape index (κ2) is 5.91. The Balaban J connectivity index is 3.41. The van der Waals surface area contributed by atoms with Crippen LogP contribution in [0.2, 0.25) is 0 Å². The van der Waals surface area contributed by atoms with Crippen LogP contribution in [0.3, 0.4) is 0 Å². The van der Waals surface area contributed by atoms with Crippen LogP contribution in [-0.4, -0.2) is 25.2 Å². The van der Waals surface area contributed by atoms with E-state index in [-0.39, 0.29) is 11.3 Å². The van der Waals surface area contributed by atoms with Crippen LogP contribution in [0.4, 0.5) is 8.78 Å². The molecule has 5 nitrogen and oxygen atoms in total. The summed E-state index contributed by atoms with van der Waals surface area (Å²) in [5.74, 6) is -0.681. The number of nitriles is 1. The van der Waals surface area contributed by atoms with Crippen LogP contribution in [0, 0.1) is 11.3 Å². The fraction of sp³-hybridized carbons (Fsp3) is 0.364. The Morgan fingerprint density at radius 3 is 2.67 bits per heavy atom. The first-order chi connectivity index (χ1) is 8.54. The number of nitrogens with zero attached hydrogens (tertiary/aromatic N) is 2. The smallest absolute Gasteiger partial charge is 0.310 e. The van der Waals surface area contributed by atoms with E-state index < -0.39 is 30.1 Å². The van der Waals surface area contributed by atoms with Crippen molar-refractivity contribution in [2.24, 2.45) is 0 Å². The van der Waals surface area contributed by atoms with Crippen molar-refractivity contribution in [2.45, 2.75) is 12.8 Å². The van der Waals surface area contributed by atoms with Crippen LogP contribution in [0.25, 0.3) is 0 Å². The van der Waals surface area contributed by atoms with Crippen LogP contribution in [0.1, 0.15) is 23.2 Å². The van der Waals surface area contributed by atoms with Gasteiger partial charge in [0.15, 0.2) is 0 Å². The normalized spacial score (nSPS) is 10.0. The molecule has 96 valence electrons. The van der Waals surface area contributed by atoms with Gasteiger partial charge >= 0.3 is 5.97 Å². The molecule has 18 heavy (non-hydrogen) atoms. The molecule has 7 heteroatoms. The standard InChI is InChI=1S/C11H10F2N2O3/c1-17-8-5-15-7(4-14)10(11(12)13)6(8)3-9(16)18-2/h5,11H,3H2,1-2H3. The number of pyridine rings is 1. The van der Waals surface area contributed by atoms with E-state index in [1.165, 1.54) is 7.11 Å². The monoisotopic (exact) mass is 256 g/mol. The van der Waals surface area contributed by atoms with Crippen LogP contribution < -0.4 is 4.74 Å². The highest BCUT2D eigenvalue weighted by atomic mass is 19.3. The minimum atomic E-state index is -2.93. The summed E-state index contributed by atoms with van der Waals surface area (Å²) in [5, 5.41) is 8.74. The van der Waals surface area contributed by atoms with Gasteiger partial charge in [-0.15, -0.1) is 0 Å². The van der Waals surface area contributed by atoms with Crippen LogP contribution in [0.5, 0.6) is 5.75 Å². The Labute approximate surface area is 102 Å². The van der Waals surface area contributed by atoms with Gasteiger partial charge in [0.25, 0.3) is 6.43 Å². The number of rotatable bonds is 4. The lowest BCUT2D eigenvalue weighted by molar-refractivity contribution is -0.139. The van der Waals surface area contributed by atoms with E-state index in [0.717, 1.165) is 13.3 Å². The number of hydrogen-bond donors (Lipinski definition) is 0. The molecule has 0 atom stereocenters. The van der Waals surface area contributed by atoms with E-state index in [9.17, 15) is 13.6 Å². The fourth-order valence-corrected chi connectivity index (χ4v) is 1.45. The molecule has 0 N–H and O–H groups in total. The molecule has 0 fully saturated rings. The molecule has 1 aromatic rings. The third kappa shape index (κ3) is 2.71. The summed E-state index contributed by atoms with van der Waals surface area (Å²) in [4.78, 5) is 14.8. The number of methoxy groups -OCH3 is 2. The molecule has 0 saturated carbocycles. The molecule has 1 aromatic heterocycles. The van der Waals surface area contributed by atoms with Crippen molar-refractivity contribution in [3.63, 3.8) is 0 Å². The second-order valence-electron chi connectivity index (χ2n) is 3.23. The molecule has 0 bridgehead atoms. The summed E-state index contributed by atoms with van der Waals surface area (Å²) in [7, 11) is 2.41. The Bertz CT molecular complexity index is 498. The highest BCUT2D eigenvalue weighted by Gasteiger charge is 2.24. The molecule has 0 aromatic carbocycles. The number of esters is 1. The van der Waals surface area contributed by atoms with Gasteiger partial charge in [0, 0.05) is 5.56 Å². The van der Waals surface area contributed by atoms with Gasteiger partial charge in [0.2, 0.25) is 0 Å². The van der Waals surface area contributed by atoms with Crippen LogP contribution in [-0.2, 0) is 16.0 Å². The van der Waals surface area contributed by atoms with Gasteiger partial charge < -0.3 is 9.47 Å². The van der Waals surface area contributed by atoms with Gasteiger partial charge in [0.05, 0.1) is 32.4 Å². The molecule has 0 amide bonds. The fourth-order valence-electron chi connectivity index (χ4n) is 1.45. The predicted molar refractivity (Wildman–Crippen MR) is 56.2 cm³/mol. The molecular formula is C11H10F2N2O3. The van der Waals surface area contributed by atoms with E-state index in [1.807, 2.05) is 0 Å². The molecular weight excluding hydrogens is 246 g/mol. The maximum Gasteiger partial charge on any atom is 0.310 e. The summed E-state index contributed by atoms with van der Waals surface area (Å²) >= 11 is 0. The van der Waals surface area contributed by atoms with Gasteiger partial charge in [-0.05, 0) is 0 Å². The zero-order chi connectivity index (χ0) is 13.7. The first kappa shape index (κ1) is 13.8. The number of ether oxygens (including phenoxy) is 2. The van der Waals surface area contributed by atoms with E-state index in [4.69, 9.17) is 10.00 Å². The molecule has 1 rings (SSSR count). The summed E-state index contributed by atoms with van der Waals surface area (Å²) in [5.41, 5.74) is -1.10. The largest absolute Gasteiger partial charge is 0.495 e. The quantitative estimate of drug-likeness (QED) is 0.765. The maximum absolute atomic E-state index is 12.9. The van der Waals surface area contributed by atoms with Gasteiger partial charge in [-0.2, -0.15) is 5.26 Å². The predicted octanol–water partition coefficient (Wildman–Crippen LogP) is 1.61. The lowest BCUT2D eigenvalue weighted by atomic mass is 10.0. The number of carbonyl (C=O) groups excluding carboxylic acids is 1. The highest BCUT2D eigenvalue weighted by molar-refractivity contribution is 5.74. The molecule has 0 aliphatic carbocycles. The van der Waals surface area contributed by atoms with Gasteiger partial charge in [-0.1, -0.05) is 0 Å². The molecule has 0 radical (unpaired) electrons. The maximum atomic E-state index is 12.9. The Morgan fingerprint density at radius 1 is 1.56 bits per heavy atom. The number of alkyl halides is 2. The van der Waals surface area contributed by atoms with Crippen LogP contribution >= 0.6 is 0 Å². The van der Waals surface area contributed by atoms with Crippen LogP contribution in [0.15, 0.2) is 6.20 Å². The zero-order valence-corrected chi connectivity index (χ0v) is 9.74. The molecule has 0 unspecified atom stereocenters. The Kier molecular flexibility index (Phi) is 4.54. The van der Waals surface area contributed by atoms with Crippen molar-refractivity contribution in [1.29, 1.82) is 5.26 Å². The molecule has 1 heterocycles. The summed E-state index contributed by atoms with van der Waals surface area (Å²) in [6.45, 7) is 0. The SMILES string of the molecule is COC(=O)Cc1c(OC)cnc(C#N)c1C(F)F. The first-order valence-corrected chi connectivity index (χ1v) is 4.86. The van der Waals surface area contributed by atoms with Crippen molar-refractivity contribution in [1.82, 2.24) is 4.98 Å². The topological polar surface area (TPSA) is 72.2 Å². The third-order valence-electron chi connectivity index (χ3n) is 2.28. The van der Waals surface area contributed by atoms with E-state index in [0.29, 0.717) is 0 Å². The van der Waals surface area contributed by atoms with Crippen molar-refractivity contribution in [2.75, 3.05) is 14.2 Å². The minimum Gasteiger partial charge on any atom is -0.495 e. The number of aromatic nitrogens is 1. The second-order valence-corrected chi connectivity index (χ2v) is 3.23. The summed E-state index contributed by atoms with van der Waals surface area (Å²) < 4.78 is 35.2. The summed E-state index contributed by atoms with van der Waals surface area (Å²) in [6, 6.07) is 1.56. The number of halogens is 2. The molecule has 0 aliphatic rings. The third-order valence-corrected chi connectivity index (χ3v) is 2.28. The van der Waals surface area contributed by atoms with E-state index in [2.05, 4.69) is 9.72 Å². The van der Waals surface area contributed by atoms with E-state index >= 15 is 0 Å².